The van der Waals surface area contributed by atoms with Gasteiger partial charge in [0.2, 0.25) is 5.88 Å². The van der Waals surface area contributed by atoms with Crippen molar-refractivity contribution in [1.82, 2.24) is 10.3 Å². The quantitative estimate of drug-likeness (QED) is 0.197. The molecule has 8 nitrogen and oxygen atoms in total. The van der Waals surface area contributed by atoms with Gasteiger partial charge >= 0.3 is 12.3 Å². The fourth-order valence-corrected chi connectivity index (χ4v) is 5.14. The SMILES string of the molecule is COc1ccc(N2CN(c3ccc(F)cc3Br)c3ccc(C(F)(F)F)cc3C2=O)c(CCCCNC(=O)OC(C)(C)C)n1. The Hall–Kier alpha value is -3.87. The minimum absolute atomic E-state index is 0.0807. The third-order valence-electron chi connectivity index (χ3n) is 6.51. The Balaban J connectivity index is 1.66. The maximum atomic E-state index is 13.9. The second kappa shape index (κ2) is 12.8. The van der Waals surface area contributed by atoms with Crippen molar-refractivity contribution in [3.05, 3.63) is 75.6 Å². The Labute approximate surface area is 255 Å². The summed E-state index contributed by atoms with van der Waals surface area (Å²) in [6.45, 7) is 5.56. The fourth-order valence-electron chi connectivity index (χ4n) is 4.58. The van der Waals surface area contributed by atoms with Gasteiger partial charge in [0, 0.05) is 17.1 Å². The highest BCUT2D eigenvalue weighted by atomic mass is 79.9. The average Bonchev–Trinajstić information content (AvgIpc) is 2.92. The zero-order valence-corrected chi connectivity index (χ0v) is 25.6. The number of alkyl carbamates (subject to hydrolysis) is 1. The molecule has 0 fully saturated rings. The Morgan fingerprint density at radius 3 is 2.35 bits per heavy atom. The summed E-state index contributed by atoms with van der Waals surface area (Å²) in [7, 11) is 1.45. The number of pyridine rings is 1. The second-order valence-electron chi connectivity index (χ2n) is 10.8. The summed E-state index contributed by atoms with van der Waals surface area (Å²) >= 11 is 3.35. The molecule has 0 radical (unpaired) electrons. The summed E-state index contributed by atoms with van der Waals surface area (Å²) < 4.78 is 65.8. The van der Waals surface area contributed by atoms with Gasteiger partial charge in [0.05, 0.1) is 41.0 Å². The first kappa shape index (κ1) is 32.1. The smallest absolute Gasteiger partial charge is 0.416 e. The van der Waals surface area contributed by atoms with E-state index in [2.05, 4.69) is 26.2 Å². The second-order valence-corrected chi connectivity index (χ2v) is 11.7. The summed E-state index contributed by atoms with van der Waals surface area (Å²) in [4.78, 5) is 33.3. The molecule has 0 saturated heterocycles. The van der Waals surface area contributed by atoms with Crippen LogP contribution >= 0.6 is 15.9 Å². The van der Waals surface area contributed by atoms with Crippen LogP contribution in [0.15, 0.2) is 53.0 Å². The number of nitrogens with zero attached hydrogens (tertiary/aromatic N) is 3. The number of nitrogens with one attached hydrogen (secondary N) is 1. The van der Waals surface area contributed by atoms with E-state index in [1.54, 1.807) is 37.8 Å². The highest BCUT2D eigenvalue weighted by molar-refractivity contribution is 9.10. The number of anilines is 3. The van der Waals surface area contributed by atoms with Gasteiger partial charge in [-0.05, 0) is 98.4 Å². The van der Waals surface area contributed by atoms with Crippen molar-refractivity contribution in [2.45, 2.75) is 51.8 Å². The lowest BCUT2D eigenvalue weighted by molar-refractivity contribution is -0.137. The van der Waals surface area contributed by atoms with Crippen molar-refractivity contribution >= 4 is 45.0 Å². The Morgan fingerprint density at radius 2 is 1.70 bits per heavy atom. The molecule has 1 aliphatic heterocycles. The number of aromatic nitrogens is 1. The minimum atomic E-state index is -4.67. The molecule has 43 heavy (non-hydrogen) atoms. The summed E-state index contributed by atoms with van der Waals surface area (Å²) in [5, 5.41) is 2.69. The highest BCUT2D eigenvalue weighted by Gasteiger charge is 2.37. The first-order valence-electron chi connectivity index (χ1n) is 13.4. The molecule has 0 aliphatic carbocycles. The van der Waals surface area contributed by atoms with Crippen molar-refractivity contribution < 1.29 is 36.6 Å². The Kier molecular flexibility index (Phi) is 9.53. The maximum Gasteiger partial charge on any atom is 0.416 e. The number of alkyl halides is 3. The number of carbonyl (C=O) groups excluding carboxylic acids is 2. The van der Waals surface area contributed by atoms with Crippen molar-refractivity contribution in [2.24, 2.45) is 0 Å². The van der Waals surface area contributed by atoms with Crippen molar-refractivity contribution in [2.75, 3.05) is 30.1 Å². The number of halogens is 5. The molecule has 0 bridgehead atoms. The van der Waals surface area contributed by atoms with E-state index in [1.807, 2.05) is 0 Å². The molecule has 0 spiro atoms. The number of fused-ring (bicyclic) bond motifs is 1. The zero-order valence-electron chi connectivity index (χ0n) is 24.0. The van der Waals surface area contributed by atoms with Crippen LogP contribution in [0.1, 0.15) is 55.2 Å². The van der Waals surface area contributed by atoms with Crippen LogP contribution in [0.4, 0.5) is 39.4 Å². The number of ether oxygens (including phenoxy) is 2. The lowest BCUT2D eigenvalue weighted by Gasteiger charge is -2.39. The molecule has 13 heteroatoms. The lowest BCUT2D eigenvalue weighted by Crippen LogP contribution is -2.45. The van der Waals surface area contributed by atoms with Crippen LogP contribution in [0.25, 0.3) is 0 Å². The van der Waals surface area contributed by atoms with Crippen LogP contribution in [0.5, 0.6) is 5.88 Å². The Bertz CT molecular complexity index is 1510. The molecule has 1 aromatic heterocycles. The predicted molar refractivity (Wildman–Crippen MR) is 157 cm³/mol. The van der Waals surface area contributed by atoms with E-state index in [0.29, 0.717) is 53.2 Å². The van der Waals surface area contributed by atoms with Crippen molar-refractivity contribution in [3.63, 3.8) is 0 Å². The van der Waals surface area contributed by atoms with Crippen molar-refractivity contribution in [1.29, 1.82) is 0 Å². The largest absolute Gasteiger partial charge is 0.481 e. The van der Waals surface area contributed by atoms with Crippen LogP contribution in [0, 0.1) is 5.82 Å². The molecule has 1 N–H and O–H groups in total. The first-order valence-corrected chi connectivity index (χ1v) is 14.2. The highest BCUT2D eigenvalue weighted by Crippen LogP contribution is 2.42. The average molecular weight is 667 g/mol. The molecular formula is C30H31BrF4N4O4. The summed E-state index contributed by atoms with van der Waals surface area (Å²) in [6.07, 6.45) is -3.69. The van der Waals surface area contributed by atoms with E-state index in [9.17, 15) is 27.2 Å². The topological polar surface area (TPSA) is 84.0 Å². The molecular weight excluding hydrogens is 636 g/mol. The molecule has 2 aromatic carbocycles. The minimum Gasteiger partial charge on any atom is -0.481 e. The van der Waals surface area contributed by atoms with Crippen LogP contribution in [-0.4, -0.2) is 42.9 Å². The number of methoxy groups -OCH3 is 1. The van der Waals surface area contributed by atoms with E-state index < -0.39 is 35.2 Å². The van der Waals surface area contributed by atoms with E-state index in [1.165, 1.54) is 36.3 Å². The molecule has 0 unspecified atom stereocenters. The van der Waals surface area contributed by atoms with Gasteiger partial charge in [-0.1, -0.05) is 0 Å². The summed E-state index contributed by atoms with van der Waals surface area (Å²) in [6, 6.07) is 10.1. The van der Waals surface area contributed by atoms with Gasteiger partial charge in [-0.3, -0.25) is 9.69 Å². The Morgan fingerprint density at radius 1 is 1.00 bits per heavy atom. The van der Waals surface area contributed by atoms with Crippen LogP contribution in [-0.2, 0) is 17.3 Å². The van der Waals surface area contributed by atoms with Crippen LogP contribution in [0.3, 0.4) is 0 Å². The van der Waals surface area contributed by atoms with Gasteiger partial charge in [0.1, 0.15) is 18.1 Å². The molecule has 2 heterocycles. The third kappa shape index (κ3) is 7.75. The van der Waals surface area contributed by atoms with Gasteiger partial charge in [-0.25, -0.2) is 14.2 Å². The van der Waals surface area contributed by atoms with Gasteiger partial charge in [-0.2, -0.15) is 13.2 Å². The van der Waals surface area contributed by atoms with E-state index in [4.69, 9.17) is 9.47 Å². The molecule has 4 rings (SSSR count). The number of hydrogen-bond acceptors (Lipinski definition) is 6. The standard InChI is InChI=1S/C30H31BrF4N4O4/c1-29(2,3)43-28(41)36-14-6-5-7-22-25(12-13-26(37-22)42-4)39-17-38(24-11-9-19(32)16-21(24)31)23-10-8-18(30(33,34)35)15-20(23)27(39)40/h8-13,15-16H,5-7,14,17H2,1-4H3,(H,36,41). The molecule has 0 saturated carbocycles. The molecule has 1 aliphatic rings. The number of aryl methyl sites for hydroxylation is 1. The van der Waals surface area contributed by atoms with Gasteiger partial charge in [0.15, 0.2) is 0 Å². The molecule has 0 atom stereocenters. The number of hydrogen-bond donors (Lipinski definition) is 1. The predicted octanol–water partition coefficient (Wildman–Crippen LogP) is 7.61. The maximum absolute atomic E-state index is 13.9. The third-order valence-corrected chi connectivity index (χ3v) is 7.14. The monoisotopic (exact) mass is 666 g/mol. The first-order chi connectivity index (χ1) is 20.2. The summed E-state index contributed by atoms with van der Waals surface area (Å²) in [5.41, 5.74) is -0.183. The normalized spacial score (nSPS) is 13.6. The molecule has 2 amide bonds. The van der Waals surface area contributed by atoms with Crippen LogP contribution in [0.2, 0.25) is 0 Å². The number of benzene rings is 2. The van der Waals surface area contributed by atoms with E-state index >= 15 is 0 Å². The van der Waals surface area contributed by atoms with Gasteiger partial charge in [-0.15, -0.1) is 0 Å². The van der Waals surface area contributed by atoms with Crippen LogP contribution < -0.4 is 19.9 Å². The number of amides is 2. The van der Waals surface area contributed by atoms with Crippen molar-refractivity contribution in [3.8, 4) is 5.88 Å². The van der Waals surface area contributed by atoms with E-state index in [0.717, 1.165) is 12.1 Å². The van der Waals surface area contributed by atoms with Gasteiger partial charge in [0.25, 0.3) is 5.91 Å². The molecule has 3 aromatic rings. The summed E-state index contributed by atoms with van der Waals surface area (Å²) in [5.74, 6) is -0.848. The zero-order chi connectivity index (χ0) is 31.5. The number of carbonyl (C=O) groups is 2. The fraction of sp³-hybridized carbons (Fsp3) is 0.367. The van der Waals surface area contributed by atoms with E-state index in [-0.39, 0.29) is 17.9 Å². The number of unbranched alkanes of at least 4 members (excludes halogenated alkanes) is 1. The van der Waals surface area contributed by atoms with Gasteiger partial charge < -0.3 is 19.7 Å². The number of rotatable bonds is 8. The molecule has 230 valence electrons. The lowest BCUT2D eigenvalue weighted by atomic mass is 10.0.